The second kappa shape index (κ2) is 5.53. The monoisotopic (exact) mass is 345 g/mol. The van der Waals surface area contributed by atoms with Crippen molar-refractivity contribution in [1.82, 2.24) is 0 Å². The average molecular weight is 346 g/mol. The van der Waals surface area contributed by atoms with Gasteiger partial charge >= 0.3 is 0 Å². The van der Waals surface area contributed by atoms with E-state index in [0.717, 1.165) is 39.0 Å². The highest BCUT2D eigenvalue weighted by Crippen LogP contribution is 2.27. The molecule has 3 nitrogen and oxygen atoms in total. The number of benzene rings is 2. The summed E-state index contributed by atoms with van der Waals surface area (Å²) in [6.07, 6.45) is 0.868. The molecule has 108 valence electrons. The Morgan fingerprint density at radius 1 is 1.19 bits per heavy atom. The molecule has 1 aliphatic heterocycles. The van der Waals surface area contributed by atoms with Gasteiger partial charge < -0.3 is 10.1 Å². The summed E-state index contributed by atoms with van der Waals surface area (Å²) in [5.74, 6) is 0.799. The smallest absolute Gasteiger partial charge is 0.255 e. The summed E-state index contributed by atoms with van der Waals surface area (Å²) >= 11 is 3.53. The summed E-state index contributed by atoms with van der Waals surface area (Å²) in [4.78, 5) is 12.4. The van der Waals surface area contributed by atoms with Gasteiger partial charge in [0.25, 0.3) is 5.91 Å². The van der Waals surface area contributed by atoms with Gasteiger partial charge in [-0.3, -0.25) is 4.79 Å². The molecule has 0 bridgehead atoms. The molecular formula is C17H16BrNO2. The van der Waals surface area contributed by atoms with Crippen LogP contribution < -0.4 is 10.1 Å². The maximum atomic E-state index is 12.4. The number of ether oxygens (including phenoxy) is 1. The largest absolute Gasteiger partial charge is 0.493 e. The summed E-state index contributed by atoms with van der Waals surface area (Å²) in [6, 6.07) is 9.51. The third-order valence-electron chi connectivity index (χ3n) is 3.65. The van der Waals surface area contributed by atoms with E-state index in [0.29, 0.717) is 12.2 Å². The predicted molar refractivity (Wildman–Crippen MR) is 87.2 cm³/mol. The molecule has 0 unspecified atom stereocenters. The number of nitrogens with one attached hydrogen (secondary N) is 1. The summed E-state index contributed by atoms with van der Waals surface area (Å²) in [7, 11) is 0. The fourth-order valence-electron chi connectivity index (χ4n) is 2.55. The number of amides is 1. The Hall–Kier alpha value is -1.81. The van der Waals surface area contributed by atoms with Crippen LogP contribution in [0.25, 0.3) is 0 Å². The molecule has 0 radical (unpaired) electrons. The number of halogens is 1. The van der Waals surface area contributed by atoms with Crippen molar-refractivity contribution in [2.75, 3.05) is 11.9 Å². The topological polar surface area (TPSA) is 38.3 Å². The number of hydrogen-bond acceptors (Lipinski definition) is 2. The van der Waals surface area contributed by atoms with Crippen LogP contribution in [0.15, 0.2) is 34.8 Å². The van der Waals surface area contributed by atoms with Gasteiger partial charge in [0.05, 0.1) is 6.61 Å². The van der Waals surface area contributed by atoms with Gasteiger partial charge in [-0.15, -0.1) is 0 Å². The van der Waals surface area contributed by atoms with Gasteiger partial charge in [-0.25, -0.2) is 0 Å². The van der Waals surface area contributed by atoms with Crippen molar-refractivity contribution in [3.05, 3.63) is 57.1 Å². The van der Waals surface area contributed by atoms with Crippen LogP contribution in [0.1, 0.15) is 27.0 Å². The third kappa shape index (κ3) is 2.81. The first-order valence-corrected chi connectivity index (χ1v) is 7.68. The van der Waals surface area contributed by atoms with E-state index >= 15 is 0 Å². The van der Waals surface area contributed by atoms with Crippen LogP contribution >= 0.6 is 15.9 Å². The molecule has 1 amide bonds. The highest BCUT2D eigenvalue weighted by atomic mass is 79.9. The van der Waals surface area contributed by atoms with Crippen molar-refractivity contribution in [1.29, 1.82) is 0 Å². The number of aryl methyl sites for hydroxylation is 2. The SMILES string of the molecule is Cc1cc(NC(=O)c2ccc3c(c2)CCO3)cc(C)c1Br. The van der Waals surface area contributed by atoms with Gasteiger partial charge in [-0.1, -0.05) is 15.9 Å². The van der Waals surface area contributed by atoms with E-state index in [1.54, 1.807) is 6.07 Å². The first-order chi connectivity index (χ1) is 10.0. The Balaban J connectivity index is 1.83. The van der Waals surface area contributed by atoms with E-state index in [1.807, 2.05) is 38.1 Å². The molecule has 1 aliphatic rings. The molecular weight excluding hydrogens is 330 g/mol. The predicted octanol–water partition coefficient (Wildman–Crippen LogP) is 4.25. The lowest BCUT2D eigenvalue weighted by Crippen LogP contribution is -2.12. The zero-order valence-corrected chi connectivity index (χ0v) is 13.6. The van der Waals surface area contributed by atoms with Crippen molar-refractivity contribution in [3.63, 3.8) is 0 Å². The molecule has 2 aromatic carbocycles. The van der Waals surface area contributed by atoms with E-state index in [1.165, 1.54) is 0 Å². The van der Waals surface area contributed by atoms with Crippen LogP contribution in [0.4, 0.5) is 5.69 Å². The van der Waals surface area contributed by atoms with E-state index < -0.39 is 0 Å². The van der Waals surface area contributed by atoms with E-state index in [2.05, 4.69) is 21.2 Å². The maximum Gasteiger partial charge on any atom is 0.255 e. The Kier molecular flexibility index (Phi) is 3.72. The second-order valence-corrected chi connectivity index (χ2v) is 6.09. The highest BCUT2D eigenvalue weighted by molar-refractivity contribution is 9.10. The number of carbonyl (C=O) groups excluding carboxylic acids is 1. The minimum absolute atomic E-state index is 0.0918. The molecule has 21 heavy (non-hydrogen) atoms. The zero-order chi connectivity index (χ0) is 15.0. The fraction of sp³-hybridized carbons (Fsp3) is 0.235. The van der Waals surface area contributed by atoms with E-state index in [-0.39, 0.29) is 5.91 Å². The van der Waals surface area contributed by atoms with Crippen molar-refractivity contribution in [3.8, 4) is 5.75 Å². The maximum absolute atomic E-state index is 12.4. The van der Waals surface area contributed by atoms with Crippen molar-refractivity contribution < 1.29 is 9.53 Å². The number of hydrogen-bond donors (Lipinski definition) is 1. The number of anilines is 1. The summed E-state index contributed by atoms with van der Waals surface area (Å²) < 4.78 is 6.54. The number of fused-ring (bicyclic) bond motifs is 1. The third-order valence-corrected chi connectivity index (χ3v) is 4.90. The van der Waals surface area contributed by atoms with E-state index in [9.17, 15) is 4.79 Å². The van der Waals surface area contributed by atoms with Gasteiger partial charge in [-0.2, -0.15) is 0 Å². The summed E-state index contributed by atoms with van der Waals surface area (Å²) in [5, 5.41) is 2.96. The Labute approximate surface area is 132 Å². The Bertz CT molecular complexity index is 702. The second-order valence-electron chi connectivity index (χ2n) is 5.30. The average Bonchev–Trinajstić information content (AvgIpc) is 2.91. The van der Waals surface area contributed by atoms with Crippen LogP contribution in [-0.4, -0.2) is 12.5 Å². The normalized spacial score (nSPS) is 12.7. The van der Waals surface area contributed by atoms with Crippen LogP contribution in [0, 0.1) is 13.8 Å². The highest BCUT2D eigenvalue weighted by Gasteiger charge is 2.15. The Morgan fingerprint density at radius 2 is 1.90 bits per heavy atom. The van der Waals surface area contributed by atoms with Gasteiger partial charge in [0.15, 0.2) is 0 Å². The Morgan fingerprint density at radius 3 is 2.62 bits per heavy atom. The molecule has 4 heteroatoms. The minimum atomic E-state index is -0.0918. The van der Waals surface area contributed by atoms with Crippen molar-refractivity contribution in [2.24, 2.45) is 0 Å². The summed E-state index contributed by atoms with van der Waals surface area (Å²) in [5.41, 5.74) is 4.79. The van der Waals surface area contributed by atoms with Gasteiger partial charge in [0, 0.05) is 22.1 Å². The molecule has 0 atom stereocenters. The van der Waals surface area contributed by atoms with Gasteiger partial charge in [-0.05, 0) is 60.9 Å². The molecule has 1 heterocycles. The zero-order valence-electron chi connectivity index (χ0n) is 12.0. The van der Waals surface area contributed by atoms with Crippen LogP contribution in [0.2, 0.25) is 0 Å². The molecule has 0 saturated carbocycles. The van der Waals surface area contributed by atoms with Crippen LogP contribution in [-0.2, 0) is 6.42 Å². The molecule has 0 aromatic heterocycles. The molecule has 3 rings (SSSR count). The van der Waals surface area contributed by atoms with Crippen LogP contribution in [0.3, 0.4) is 0 Å². The molecule has 0 saturated heterocycles. The molecule has 0 fully saturated rings. The number of rotatable bonds is 2. The molecule has 2 aromatic rings. The lowest BCUT2D eigenvalue weighted by molar-refractivity contribution is 0.102. The summed E-state index contributed by atoms with van der Waals surface area (Å²) in [6.45, 7) is 4.73. The van der Waals surface area contributed by atoms with Crippen molar-refractivity contribution >= 4 is 27.5 Å². The molecule has 1 N–H and O–H groups in total. The lowest BCUT2D eigenvalue weighted by Gasteiger charge is -2.10. The van der Waals surface area contributed by atoms with Crippen LogP contribution in [0.5, 0.6) is 5.75 Å². The number of carbonyl (C=O) groups is 1. The van der Waals surface area contributed by atoms with E-state index in [4.69, 9.17) is 4.74 Å². The fourth-order valence-corrected chi connectivity index (χ4v) is 2.78. The van der Waals surface area contributed by atoms with Crippen molar-refractivity contribution in [2.45, 2.75) is 20.3 Å². The quantitative estimate of drug-likeness (QED) is 0.883. The minimum Gasteiger partial charge on any atom is -0.493 e. The van der Waals surface area contributed by atoms with Gasteiger partial charge in [0.1, 0.15) is 5.75 Å². The first kappa shape index (κ1) is 14.1. The molecule has 0 aliphatic carbocycles. The molecule has 0 spiro atoms. The lowest BCUT2D eigenvalue weighted by atomic mass is 10.1. The standard InChI is InChI=1S/C17H16BrNO2/c1-10-7-14(8-11(2)16(10)18)19-17(20)13-3-4-15-12(9-13)5-6-21-15/h3-4,7-9H,5-6H2,1-2H3,(H,19,20). The first-order valence-electron chi connectivity index (χ1n) is 6.88. The van der Waals surface area contributed by atoms with Gasteiger partial charge in [0.2, 0.25) is 0 Å².